The minimum Gasteiger partial charge on any atom is -0.393 e. The highest BCUT2D eigenvalue weighted by Gasteiger charge is 2.53. The van der Waals surface area contributed by atoms with Crippen LogP contribution in [-0.2, 0) is 0 Å². The van der Waals surface area contributed by atoms with Crippen LogP contribution in [0, 0.1) is 59.2 Å². The summed E-state index contributed by atoms with van der Waals surface area (Å²) in [5, 5.41) is 33.9. The van der Waals surface area contributed by atoms with E-state index in [0.29, 0.717) is 23.7 Å². The van der Waals surface area contributed by atoms with Gasteiger partial charge in [-0.05, 0) is 84.9 Å². The predicted molar refractivity (Wildman–Crippen MR) is 115 cm³/mol. The Balaban J connectivity index is 2.00. The molecule has 0 aromatic rings. The standard InChI is InChI=1S/C25H46O3/c1-13-11-15(3)21(24(27)17(13)5)23(19-9-7-8-10-20(19)26)22-16(4)12-14(2)18(6)25(22)28/h13-28H,7-12H2,1-6H3. The maximum absolute atomic E-state index is 11.4. The van der Waals surface area contributed by atoms with Gasteiger partial charge in [0, 0.05) is 0 Å². The second-order valence-corrected chi connectivity index (χ2v) is 11.3. The van der Waals surface area contributed by atoms with Gasteiger partial charge in [0.1, 0.15) is 0 Å². The first kappa shape index (κ1) is 22.6. The fourth-order valence-corrected chi connectivity index (χ4v) is 7.59. The van der Waals surface area contributed by atoms with Crippen LogP contribution in [0.15, 0.2) is 0 Å². The van der Waals surface area contributed by atoms with Gasteiger partial charge < -0.3 is 15.3 Å². The Labute approximate surface area is 173 Å². The lowest BCUT2D eigenvalue weighted by molar-refractivity contribution is -0.149. The summed E-state index contributed by atoms with van der Waals surface area (Å²) in [5.74, 6) is 3.33. The minimum absolute atomic E-state index is 0.187. The molecule has 0 aromatic heterocycles. The minimum atomic E-state index is -0.327. The molecule has 0 saturated heterocycles. The molecule has 0 bridgehead atoms. The summed E-state index contributed by atoms with van der Waals surface area (Å²) in [5.41, 5.74) is 0. The molecule has 3 rings (SSSR count). The van der Waals surface area contributed by atoms with Crippen LogP contribution < -0.4 is 0 Å². The first-order chi connectivity index (χ1) is 13.1. The average Bonchev–Trinajstić information content (AvgIpc) is 2.64. The van der Waals surface area contributed by atoms with Crippen molar-refractivity contribution in [3.8, 4) is 0 Å². The second kappa shape index (κ2) is 8.94. The number of hydrogen-bond acceptors (Lipinski definition) is 3. The molecular formula is C25H46O3. The summed E-state index contributed by atoms with van der Waals surface area (Å²) in [4.78, 5) is 0. The molecule has 0 spiro atoms. The quantitative estimate of drug-likeness (QED) is 0.648. The van der Waals surface area contributed by atoms with Gasteiger partial charge in [-0.1, -0.05) is 54.4 Å². The van der Waals surface area contributed by atoms with E-state index in [0.717, 1.165) is 32.1 Å². The second-order valence-electron chi connectivity index (χ2n) is 11.3. The number of aliphatic hydroxyl groups excluding tert-OH is 3. The monoisotopic (exact) mass is 394 g/mol. The van der Waals surface area contributed by atoms with E-state index in [1.807, 2.05) is 0 Å². The molecule has 3 aliphatic carbocycles. The van der Waals surface area contributed by atoms with Gasteiger partial charge in [0.15, 0.2) is 0 Å². The third-order valence-electron chi connectivity index (χ3n) is 9.63. The van der Waals surface area contributed by atoms with Gasteiger partial charge in [-0.2, -0.15) is 0 Å². The molecule has 3 fully saturated rings. The van der Waals surface area contributed by atoms with E-state index in [9.17, 15) is 15.3 Å². The molecule has 3 aliphatic rings. The summed E-state index contributed by atoms with van der Waals surface area (Å²) >= 11 is 0. The zero-order valence-corrected chi connectivity index (χ0v) is 19.1. The van der Waals surface area contributed by atoms with Gasteiger partial charge in [0.2, 0.25) is 0 Å². The third kappa shape index (κ3) is 4.05. The first-order valence-electron chi connectivity index (χ1n) is 12.2. The van der Waals surface area contributed by atoms with Crippen molar-refractivity contribution in [2.24, 2.45) is 59.2 Å². The van der Waals surface area contributed by atoms with E-state index in [1.165, 1.54) is 6.42 Å². The Morgan fingerprint density at radius 3 is 1.46 bits per heavy atom. The van der Waals surface area contributed by atoms with Crippen LogP contribution in [-0.4, -0.2) is 33.6 Å². The van der Waals surface area contributed by atoms with Crippen molar-refractivity contribution in [1.29, 1.82) is 0 Å². The lowest BCUT2D eigenvalue weighted by Crippen LogP contribution is -2.56. The van der Waals surface area contributed by atoms with Crippen molar-refractivity contribution in [3.63, 3.8) is 0 Å². The first-order valence-corrected chi connectivity index (χ1v) is 12.2. The zero-order chi connectivity index (χ0) is 20.7. The third-order valence-corrected chi connectivity index (χ3v) is 9.63. The fourth-order valence-electron chi connectivity index (χ4n) is 7.59. The smallest absolute Gasteiger partial charge is 0.0601 e. The van der Waals surface area contributed by atoms with Crippen molar-refractivity contribution >= 4 is 0 Å². The van der Waals surface area contributed by atoms with Gasteiger partial charge in [0.05, 0.1) is 18.3 Å². The zero-order valence-electron chi connectivity index (χ0n) is 19.1. The highest BCUT2D eigenvalue weighted by Crippen LogP contribution is 2.54. The molecule has 3 N–H and O–H groups in total. The highest BCUT2D eigenvalue weighted by molar-refractivity contribution is 5.01. The van der Waals surface area contributed by atoms with Crippen LogP contribution in [0.1, 0.15) is 80.1 Å². The van der Waals surface area contributed by atoms with E-state index in [2.05, 4.69) is 41.5 Å². The summed E-state index contributed by atoms with van der Waals surface area (Å²) < 4.78 is 0. The SMILES string of the molecule is CC1CC(C)C(C(C2CCCCC2O)C2C(C)CC(C)C(C)C2O)C(O)C1C. The summed E-state index contributed by atoms with van der Waals surface area (Å²) in [6.07, 6.45) is 5.57. The van der Waals surface area contributed by atoms with Crippen LogP contribution in [0.2, 0.25) is 0 Å². The van der Waals surface area contributed by atoms with Gasteiger partial charge in [-0.3, -0.25) is 0 Å². The van der Waals surface area contributed by atoms with Gasteiger partial charge >= 0.3 is 0 Å². The molecule has 164 valence electrons. The van der Waals surface area contributed by atoms with Crippen molar-refractivity contribution < 1.29 is 15.3 Å². The number of rotatable bonds is 3. The van der Waals surface area contributed by atoms with Crippen LogP contribution in [0.3, 0.4) is 0 Å². The molecule has 3 saturated carbocycles. The molecule has 28 heavy (non-hydrogen) atoms. The number of aliphatic hydroxyl groups is 3. The van der Waals surface area contributed by atoms with Gasteiger partial charge in [-0.25, -0.2) is 0 Å². The maximum Gasteiger partial charge on any atom is 0.0601 e. The molecule has 3 nitrogen and oxygen atoms in total. The van der Waals surface area contributed by atoms with E-state index in [-0.39, 0.29) is 53.8 Å². The number of hydrogen-bond donors (Lipinski definition) is 3. The molecule has 12 unspecified atom stereocenters. The van der Waals surface area contributed by atoms with Crippen LogP contribution in [0.5, 0.6) is 0 Å². The molecule has 3 heteroatoms. The van der Waals surface area contributed by atoms with Crippen molar-refractivity contribution in [2.75, 3.05) is 0 Å². The average molecular weight is 395 g/mol. The Bertz CT molecular complexity index is 474. The largest absolute Gasteiger partial charge is 0.393 e. The Morgan fingerprint density at radius 2 is 1.04 bits per heavy atom. The Morgan fingerprint density at radius 1 is 0.607 bits per heavy atom. The van der Waals surface area contributed by atoms with Crippen molar-refractivity contribution in [3.05, 3.63) is 0 Å². The lowest BCUT2D eigenvalue weighted by Gasteiger charge is -2.55. The molecule has 0 radical (unpaired) electrons. The van der Waals surface area contributed by atoms with Crippen molar-refractivity contribution in [2.45, 2.75) is 98.4 Å². The van der Waals surface area contributed by atoms with E-state index in [1.54, 1.807) is 0 Å². The normalized spacial score (nSPS) is 54.3. The summed E-state index contributed by atoms with van der Waals surface area (Å²) in [6.45, 7) is 13.6. The van der Waals surface area contributed by atoms with Crippen LogP contribution in [0.25, 0.3) is 0 Å². The van der Waals surface area contributed by atoms with Crippen LogP contribution >= 0.6 is 0 Å². The van der Waals surface area contributed by atoms with Crippen LogP contribution in [0.4, 0.5) is 0 Å². The van der Waals surface area contributed by atoms with E-state index >= 15 is 0 Å². The predicted octanol–water partition coefficient (Wildman–Crippen LogP) is 4.73. The van der Waals surface area contributed by atoms with Gasteiger partial charge in [-0.15, -0.1) is 0 Å². The molecule has 0 heterocycles. The summed E-state index contributed by atoms with van der Waals surface area (Å²) in [7, 11) is 0. The summed E-state index contributed by atoms with van der Waals surface area (Å²) in [6, 6.07) is 0. The topological polar surface area (TPSA) is 60.7 Å². The molecule has 0 amide bonds. The molecular weight excluding hydrogens is 348 g/mol. The van der Waals surface area contributed by atoms with Gasteiger partial charge in [0.25, 0.3) is 0 Å². The highest BCUT2D eigenvalue weighted by atomic mass is 16.3. The molecule has 0 aliphatic heterocycles. The molecule has 12 atom stereocenters. The Hall–Kier alpha value is -0.120. The maximum atomic E-state index is 11.4. The fraction of sp³-hybridized carbons (Fsp3) is 1.00. The van der Waals surface area contributed by atoms with E-state index < -0.39 is 0 Å². The Kier molecular flexibility index (Phi) is 7.20. The lowest BCUT2D eigenvalue weighted by atomic mass is 9.52. The van der Waals surface area contributed by atoms with E-state index in [4.69, 9.17) is 0 Å². The molecule has 0 aromatic carbocycles. The van der Waals surface area contributed by atoms with Crippen molar-refractivity contribution in [1.82, 2.24) is 0 Å².